The van der Waals surface area contributed by atoms with E-state index < -0.39 is 0 Å². The Morgan fingerprint density at radius 1 is 1.03 bits per heavy atom. The quantitative estimate of drug-likeness (QED) is 0.435. The van der Waals surface area contributed by atoms with E-state index in [2.05, 4.69) is 28.4 Å². The fourth-order valence-electron chi connectivity index (χ4n) is 5.59. The zero-order valence-corrected chi connectivity index (χ0v) is 21.8. The Bertz CT molecular complexity index is 1040. The third-order valence-electron chi connectivity index (χ3n) is 7.60. The van der Waals surface area contributed by atoms with Crippen molar-refractivity contribution in [3.8, 4) is 5.75 Å². The maximum Gasteiger partial charge on any atom is 0.251 e. The van der Waals surface area contributed by atoms with E-state index in [0.717, 1.165) is 25.3 Å². The molecule has 35 heavy (non-hydrogen) atoms. The van der Waals surface area contributed by atoms with Crippen LogP contribution in [0.15, 0.2) is 42.5 Å². The van der Waals surface area contributed by atoms with Gasteiger partial charge in [-0.2, -0.15) is 0 Å². The summed E-state index contributed by atoms with van der Waals surface area (Å²) in [7, 11) is 1.75. The zero-order chi connectivity index (χ0) is 24.8. The van der Waals surface area contributed by atoms with Crippen molar-refractivity contribution in [3.63, 3.8) is 0 Å². The number of carbonyl (C=O) groups excluding carboxylic acids is 2. The highest BCUT2D eigenvalue weighted by atomic mass is 35.5. The van der Waals surface area contributed by atoms with Crippen LogP contribution in [0.4, 0.5) is 0 Å². The number of para-hydroxylation sites is 1. The number of halogens is 2. The summed E-state index contributed by atoms with van der Waals surface area (Å²) < 4.78 is 5.57. The second kappa shape index (κ2) is 12.2. The zero-order valence-electron chi connectivity index (χ0n) is 20.3. The van der Waals surface area contributed by atoms with Gasteiger partial charge >= 0.3 is 0 Å². The van der Waals surface area contributed by atoms with Crippen LogP contribution in [0.3, 0.4) is 0 Å². The summed E-state index contributed by atoms with van der Waals surface area (Å²) in [6.07, 6.45) is 7.30. The van der Waals surface area contributed by atoms with Crippen LogP contribution in [0.2, 0.25) is 10.0 Å². The smallest absolute Gasteiger partial charge is 0.251 e. The molecule has 2 aliphatic rings. The van der Waals surface area contributed by atoms with Gasteiger partial charge in [-0.15, -0.1) is 0 Å². The van der Waals surface area contributed by atoms with Crippen molar-refractivity contribution in [1.82, 2.24) is 10.2 Å². The Hall–Kier alpha value is -2.08. The van der Waals surface area contributed by atoms with Crippen molar-refractivity contribution in [1.29, 1.82) is 0 Å². The molecule has 1 amide bonds. The number of benzene rings is 2. The molecule has 1 aliphatic carbocycles. The number of carbonyl (C=O) groups is 2. The number of nitrogens with one attached hydrogen (secondary N) is 1. The Morgan fingerprint density at radius 2 is 1.80 bits per heavy atom. The minimum absolute atomic E-state index is 0.0473. The van der Waals surface area contributed by atoms with Crippen LogP contribution in [-0.2, 0) is 4.79 Å². The summed E-state index contributed by atoms with van der Waals surface area (Å²) >= 11 is 11.9. The molecule has 1 N–H and O–H groups in total. The second-order valence-electron chi connectivity index (χ2n) is 9.77. The predicted octanol–water partition coefficient (Wildman–Crippen LogP) is 6.13. The molecule has 188 valence electrons. The molecular formula is C28H34Cl2N2O3. The number of rotatable bonds is 9. The maximum atomic E-state index is 12.4. The standard InChI is InChI=1S/C28H34Cl2N2O3/c1-35-27-5-3-2-4-24(27)20-12-14-32(15-13-20)22-9-6-19(16-22)7-10-23(33)18-31-28(34)21-8-11-25(29)26(30)17-21/h2-5,8,11,17,19-20,22H,6-7,9-10,12-16,18H2,1H3,(H,31,34). The number of hydrogen-bond acceptors (Lipinski definition) is 4. The SMILES string of the molecule is COc1ccccc1C1CCN(C2CCC(CCC(=O)CNC(=O)c3ccc(Cl)c(Cl)c3)C2)CC1. The molecule has 0 bridgehead atoms. The van der Waals surface area contributed by atoms with Gasteiger partial charge in [0, 0.05) is 18.0 Å². The molecule has 1 heterocycles. The number of nitrogens with zero attached hydrogens (tertiary/aromatic N) is 1. The minimum atomic E-state index is -0.311. The first-order valence-corrected chi connectivity index (χ1v) is 13.3. The third kappa shape index (κ3) is 6.78. The lowest BCUT2D eigenvalue weighted by molar-refractivity contribution is -0.118. The van der Waals surface area contributed by atoms with E-state index in [-0.39, 0.29) is 18.2 Å². The number of Topliss-reactive ketones (excluding diaryl/α,β-unsaturated/α-hetero) is 1. The van der Waals surface area contributed by atoms with Gasteiger partial charge in [-0.3, -0.25) is 9.59 Å². The fraction of sp³-hybridized carbons (Fsp3) is 0.500. The summed E-state index contributed by atoms with van der Waals surface area (Å²) in [4.78, 5) is 27.3. The molecule has 1 saturated heterocycles. The molecular weight excluding hydrogens is 483 g/mol. The Labute approximate surface area is 218 Å². The summed E-state index contributed by atoms with van der Waals surface area (Å²) in [6, 6.07) is 13.7. The van der Waals surface area contributed by atoms with Crippen molar-refractivity contribution in [2.75, 3.05) is 26.7 Å². The van der Waals surface area contributed by atoms with Gasteiger partial charge in [0.15, 0.2) is 5.78 Å². The summed E-state index contributed by atoms with van der Waals surface area (Å²) in [5.41, 5.74) is 1.74. The normalized spacial score (nSPS) is 21.1. The van der Waals surface area contributed by atoms with Crippen molar-refractivity contribution in [3.05, 3.63) is 63.6 Å². The average Bonchev–Trinajstić information content (AvgIpc) is 3.37. The van der Waals surface area contributed by atoms with Gasteiger partial charge in [-0.25, -0.2) is 0 Å². The molecule has 4 rings (SSSR count). The van der Waals surface area contributed by atoms with E-state index in [1.807, 2.05) is 6.07 Å². The summed E-state index contributed by atoms with van der Waals surface area (Å²) in [6.45, 7) is 2.30. The first kappa shape index (κ1) is 26.0. The lowest BCUT2D eigenvalue weighted by atomic mass is 9.88. The Kier molecular flexibility index (Phi) is 9.10. The summed E-state index contributed by atoms with van der Waals surface area (Å²) in [5.74, 6) is 1.91. The van der Waals surface area contributed by atoms with Gasteiger partial charge in [0.2, 0.25) is 0 Å². The minimum Gasteiger partial charge on any atom is -0.496 e. The number of ether oxygens (including phenoxy) is 1. The highest BCUT2D eigenvalue weighted by Crippen LogP contribution is 2.38. The molecule has 7 heteroatoms. The predicted molar refractivity (Wildman–Crippen MR) is 141 cm³/mol. The van der Waals surface area contributed by atoms with Gasteiger partial charge in [-0.1, -0.05) is 41.4 Å². The second-order valence-corrected chi connectivity index (χ2v) is 10.6. The molecule has 2 fully saturated rings. The highest BCUT2D eigenvalue weighted by Gasteiger charge is 2.32. The van der Waals surface area contributed by atoms with Crippen molar-refractivity contribution in [2.24, 2.45) is 5.92 Å². The van der Waals surface area contributed by atoms with Gasteiger partial charge in [0.25, 0.3) is 5.91 Å². The lowest BCUT2D eigenvalue weighted by Crippen LogP contribution is -2.39. The fourth-order valence-corrected chi connectivity index (χ4v) is 5.89. The van der Waals surface area contributed by atoms with Gasteiger partial charge in [-0.05, 0) is 93.3 Å². The molecule has 2 unspecified atom stereocenters. The Balaban J connectivity index is 1.16. The molecule has 1 saturated carbocycles. The van der Waals surface area contributed by atoms with E-state index >= 15 is 0 Å². The van der Waals surface area contributed by atoms with E-state index in [1.165, 1.54) is 43.7 Å². The van der Waals surface area contributed by atoms with Gasteiger partial charge in [0.05, 0.1) is 23.7 Å². The topological polar surface area (TPSA) is 58.6 Å². The van der Waals surface area contributed by atoms with Crippen molar-refractivity contribution in [2.45, 2.75) is 56.9 Å². The molecule has 1 aliphatic heterocycles. The monoisotopic (exact) mass is 516 g/mol. The number of likely N-dealkylation sites (tertiary alicyclic amines) is 1. The van der Waals surface area contributed by atoms with Crippen LogP contribution < -0.4 is 10.1 Å². The third-order valence-corrected chi connectivity index (χ3v) is 8.34. The van der Waals surface area contributed by atoms with E-state index in [9.17, 15) is 9.59 Å². The van der Waals surface area contributed by atoms with Crippen LogP contribution >= 0.6 is 23.2 Å². The summed E-state index contributed by atoms with van der Waals surface area (Å²) in [5, 5.41) is 3.42. The number of hydrogen-bond donors (Lipinski definition) is 1. The number of amides is 1. The number of methoxy groups -OCH3 is 1. The Morgan fingerprint density at radius 3 is 2.54 bits per heavy atom. The van der Waals surface area contributed by atoms with E-state index in [1.54, 1.807) is 19.2 Å². The van der Waals surface area contributed by atoms with Gasteiger partial charge in [0.1, 0.15) is 5.75 Å². The van der Waals surface area contributed by atoms with E-state index in [0.29, 0.717) is 39.9 Å². The number of piperidine rings is 1. The molecule has 2 atom stereocenters. The van der Waals surface area contributed by atoms with Crippen molar-refractivity contribution >= 4 is 34.9 Å². The molecule has 2 aromatic carbocycles. The molecule has 5 nitrogen and oxygen atoms in total. The van der Waals surface area contributed by atoms with Gasteiger partial charge < -0.3 is 15.0 Å². The number of ketones is 1. The maximum absolute atomic E-state index is 12.4. The molecule has 2 aromatic rings. The van der Waals surface area contributed by atoms with Crippen LogP contribution in [0.25, 0.3) is 0 Å². The van der Waals surface area contributed by atoms with Crippen LogP contribution in [0.1, 0.15) is 66.8 Å². The van der Waals surface area contributed by atoms with Crippen LogP contribution in [0, 0.1) is 5.92 Å². The first-order valence-electron chi connectivity index (χ1n) is 12.6. The molecule has 0 aromatic heterocycles. The highest BCUT2D eigenvalue weighted by molar-refractivity contribution is 6.42. The van der Waals surface area contributed by atoms with Crippen LogP contribution in [-0.4, -0.2) is 49.4 Å². The van der Waals surface area contributed by atoms with Crippen LogP contribution in [0.5, 0.6) is 5.75 Å². The molecule has 0 radical (unpaired) electrons. The molecule has 0 spiro atoms. The first-order chi connectivity index (χ1) is 16.9. The van der Waals surface area contributed by atoms with Crippen molar-refractivity contribution < 1.29 is 14.3 Å². The van der Waals surface area contributed by atoms with E-state index in [4.69, 9.17) is 27.9 Å². The lowest BCUT2D eigenvalue weighted by Gasteiger charge is -2.36. The largest absolute Gasteiger partial charge is 0.496 e. The average molecular weight is 517 g/mol.